The van der Waals surface area contributed by atoms with Gasteiger partial charge in [0, 0.05) is 0 Å². The van der Waals surface area contributed by atoms with Crippen molar-refractivity contribution in [2.45, 2.75) is 39.5 Å². The zero-order valence-corrected chi connectivity index (χ0v) is 9.16. The summed E-state index contributed by atoms with van der Waals surface area (Å²) in [6.07, 6.45) is 11.8. The normalized spacial score (nSPS) is 11.3. The Morgan fingerprint density at radius 3 is 2.57 bits per heavy atom. The van der Waals surface area contributed by atoms with Crippen LogP contribution >= 0.6 is 0 Å². The van der Waals surface area contributed by atoms with Crippen LogP contribution in [0.4, 0.5) is 0 Å². The fourth-order valence-electron chi connectivity index (χ4n) is 1.04. The zero-order chi connectivity index (χ0) is 10.6. The first-order valence-corrected chi connectivity index (χ1v) is 5.23. The molecule has 0 heterocycles. The minimum atomic E-state index is -0.141. The van der Waals surface area contributed by atoms with Crippen LogP contribution in [-0.4, -0.2) is 12.6 Å². The van der Waals surface area contributed by atoms with Crippen molar-refractivity contribution in [2.24, 2.45) is 0 Å². The quantitative estimate of drug-likeness (QED) is 0.355. The highest BCUT2D eigenvalue weighted by molar-refractivity contribution is 5.71. The van der Waals surface area contributed by atoms with E-state index in [-0.39, 0.29) is 5.97 Å². The second-order valence-electron chi connectivity index (χ2n) is 2.98. The third-order valence-electron chi connectivity index (χ3n) is 1.73. The van der Waals surface area contributed by atoms with Crippen LogP contribution in [0.25, 0.3) is 0 Å². The average molecular weight is 196 g/mol. The molecule has 0 aliphatic carbocycles. The molecule has 0 fully saturated rings. The van der Waals surface area contributed by atoms with E-state index in [1.807, 2.05) is 26.0 Å². The van der Waals surface area contributed by atoms with E-state index in [0.29, 0.717) is 13.0 Å². The maximum absolute atomic E-state index is 10.9. The van der Waals surface area contributed by atoms with Crippen LogP contribution in [0, 0.1) is 0 Å². The molecule has 0 aliphatic heterocycles. The van der Waals surface area contributed by atoms with Gasteiger partial charge in [-0.15, -0.1) is 0 Å². The number of carbonyl (C=O) groups excluding carboxylic acids is 1. The third-order valence-corrected chi connectivity index (χ3v) is 1.73. The van der Waals surface area contributed by atoms with Crippen molar-refractivity contribution in [3.05, 3.63) is 24.3 Å². The fraction of sp³-hybridized carbons (Fsp3) is 0.583. The molecule has 0 saturated heterocycles. The van der Waals surface area contributed by atoms with Crippen molar-refractivity contribution < 1.29 is 9.53 Å². The highest BCUT2D eigenvalue weighted by Crippen LogP contribution is 1.99. The Bertz CT molecular complexity index is 192. The van der Waals surface area contributed by atoms with Crippen LogP contribution in [-0.2, 0) is 9.53 Å². The summed E-state index contributed by atoms with van der Waals surface area (Å²) in [5.74, 6) is -0.141. The second-order valence-corrected chi connectivity index (χ2v) is 2.98. The van der Waals surface area contributed by atoms with E-state index in [1.165, 1.54) is 0 Å². The van der Waals surface area contributed by atoms with E-state index >= 15 is 0 Å². The van der Waals surface area contributed by atoms with E-state index < -0.39 is 0 Å². The average Bonchev–Trinajstić information content (AvgIpc) is 2.17. The molecular formula is C12H20O2. The Hall–Kier alpha value is -1.05. The van der Waals surface area contributed by atoms with Gasteiger partial charge in [0.05, 0.1) is 13.0 Å². The number of carbonyl (C=O) groups is 1. The lowest BCUT2D eigenvalue weighted by atomic mass is 10.2. The zero-order valence-electron chi connectivity index (χ0n) is 9.16. The van der Waals surface area contributed by atoms with E-state index in [2.05, 4.69) is 12.2 Å². The largest absolute Gasteiger partial charge is 0.466 e. The minimum absolute atomic E-state index is 0.141. The van der Waals surface area contributed by atoms with Gasteiger partial charge in [0.1, 0.15) is 0 Å². The van der Waals surface area contributed by atoms with E-state index in [0.717, 1.165) is 19.3 Å². The molecule has 0 aromatic rings. The highest BCUT2D eigenvalue weighted by atomic mass is 16.5. The van der Waals surface area contributed by atoms with Gasteiger partial charge >= 0.3 is 5.97 Å². The van der Waals surface area contributed by atoms with E-state index in [4.69, 9.17) is 4.74 Å². The van der Waals surface area contributed by atoms with E-state index in [1.54, 1.807) is 0 Å². The topological polar surface area (TPSA) is 26.3 Å². The number of esters is 1. The molecule has 0 bridgehead atoms. The first kappa shape index (κ1) is 12.9. The van der Waals surface area contributed by atoms with Crippen molar-refractivity contribution in [2.75, 3.05) is 6.61 Å². The van der Waals surface area contributed by atoms with Gasteiger partial charge in [0.25, 0.3) is 0 Å². The third kappa shape index (κ3) is 9.04. The molecule has 0 rings (SSSR count). The van der Waals surface area contributed by atoms with Crippen LogP contribution in [0.5, 0.6) is 0 Å². The molecule has 0 amide bonds. The summed E-state index contributed by atoms with van der Waals surface area (Å²) in [5, 5.41) is 0. The molecule has 0 N–H and O–H groups in total. The summed E-state index contributed by atoms with van der Waals surface area (Å²) < 4.78 is 4.79. The maximum atomic E-state index is 10.9. The van der Waals surface area contributed by atoms with Crippen molar-refractivity contribution in [1.82, 2.24) is 0 Å². The summed E-state index contributed by atoms with van der Waals surface area (Å²) in [5.41, 5.74) is 0. The molecule has 0 unspecified atom stereocenters. The summed E-state index contributed by atoms with van der Waals surface area (Å²) in [4.78, 5) is 10.9. The Kier molecular flexibility index (Phi) is 9.28. The lowest BCUT2D eigenvalue weighted by Gasteiger charge is -1.96. The van der Waals surface area contributed by atoms with Gasteiger partial charge < -0.3 is 4.74 Å². The molecule has 2 heteroatoms. The van der Waals surface area contributed by atoms with Gasteiger partial charge in [-0.1, -0.05) is 24.3 Å². The lowest BCUT2D eigenvalue weighted by molar-refractivity contribution is -0.142. The van der Waals surface area contributed by atoms with Gasteiger partial charge in [-0.3, -0.25) is 4.79 Å². The number of hydrogen-bond acceptors (Lipinski definition) is 2. The standard InChI is InChI=1S/C12H20O2/c1-3-5-6-7-8-9-10-11-12(13)14-4-2/h3,5,9-10H,4,6-8,11H2,1-2H3/b5-3+,10-9+. The molecular weight excluding hydrogens is 176 g/mol. The number of unbranched alkanes of at least 4 members (excludes halogenated alkanes) is 2. The molecule has 0 saturated carbocycles. The molecule has 80 valence electrons. The summed E-state index contributed by atoms with van der Waals surface area (Å²) in [6, 6.07) is 0. The molecule has 2 nitrogen and oxygen atoms in total. The Morgan fingerprint density at radius 2 is 1.93 bits per heavy atom. The van der Waals surface area contributed by atoms with Gasteiger partial charge in [-0.05, 0) is 33.1 Å². The summed E-state index contributed by atoms with van der Waals surface area (Å²) in [6.45, 7) is 4.31. The highest BCUT2D eigenvalue weighted by Gasteiger charge is 1.95. The first-order valence-electron chi connectivity index (χ1n) is 5.23. The maximum Gasteiger partial charge on any atom is 0.309 e. The van der Waals surface area contributed by atoms with Crippen molar-refractivity contribution in [3.8, 4) is 0 Å². The molecule has 0 aromatic carbocycles. The monoisotopic (exact) mass is 196 g/mol. The van der Waals surface area contributed by atoms with Crippen molar-refractivity contribution in [3.63, 3.8) is 0 Å². The lowest BCUT2D eigenvalue weighted by Crippen LogP contribution is -2.01. The molecule has 0 radical (unpaired) electrons. The molecule has 0 aliphatic rings. The minimum Gasteiger partial charge on any atom is -0.466 e. The molecule has 14 heavy (non-hydrogen) atoms. The second kappa shape index (κ2) is 10.0. The number of hydrogen-bond donors (Lipinski definition) is 0. The Morgan fingerprint density at radius 1 is 1.21 bits per heavy atom. The Labute approximate surface area is 86.6 Å². The van der Waals surface area contributed by atoms with Gasteiger partial charge in [-0.2, -0.15) is 0 Å². The molecule has 0 atom stereocenters. The first-order chi connectivity index (χ1) is 6.81. The molecule has 0 aromatic heterocycles. The predicted molar refractivity (Wildman–Crippen MR) is 59.1 cm³/mol. The number of allylic oxidation sites excluding steroid dienone is 3. The SMILES string of the molecule is C/C=C/CCC/C=C/CC(=O)OCC. The summed E-state index contributed by atoms with van der Waals surface area (Å²) >= 11 is 0. The molecule has 0 spiro atoms. The summed E-state index contributed by atoms with van der Waals surface area (Å²) in [7, 11) is 0. The van der Waals surface area contributed by atoms with Gasteiger partial charge in [0.15, 0.2) is 0 Å². The van der Waals surface area contributed by atoms with Crippen LogP contribution in [0.2, 0.25) is 0 Å². The predicted octanol–water partition coefficient (Wildman–Crippen LogP) is 3.24. The van der Waals surface area contributed by atoms with Crippen molar-refractivity contribution >= 4 is 5.97 Å². The van der Waals surface area contributed by atoms with Crippen LogP contribution in [0.15, 0.2) is 24.3 Å². The van der Waals surface area contributed by atoms with Gasteiger partial charge in [0.2, 0.25) is 0 Å². The smallest absolute Gasteiger partial charge is 0.309 e. The van der Waals surface area contributed by atoms with Crippen molar-refractivity contribution in [1.29, 1.82) is 0 Å². The number of rotatable bonds is 7. The van der Waals surface area contributed by atoms with Gasteiger partial charge in [-0.25, -0.2) is 0 Å². The Balaban J connectivity index is 3.31. The van der Waals surface area contributed by atoms with Crippen LogP contribution in [0.1, 0.15) is 39.5 Å². The number of ether oxygens (including phenoxy) is 1. The van der Waals surface area contributed by atoms with E-state index in [9.17, 15) is 4.79 Å². The van der Waals surface area contributed by atoms with Crippen LogP contribution < -0.4 is 0 Å². The fourth-order valence-corrected chi connectivity index (χ4v) is 1.04. The van der Waals surface area contributed by atoms with Crippen LogP contribution in [0.3, 0.4) is 0 Å².